The lowest BCUT2D eigenvalue weighted by molar-refractivity contribution is -0.147. The Balaban J connectivity index is 3.08. The van der Waals surface area contributed by atoms with Gasteiger partial charge in [0.05, 0.1) is 7.11 Å². The summed E-state index contributed by atoms with van der Waals surface area (Å²) in [5.41, 5.74) is -0.0960. The summed E-state index contributed by atoms with van der Waals surface area (Å²) in [6.07, 6.45) is 0. The summed E-state index contributed by atoms with van der Waals surface area (Å²) in [6, 6.07) is 9.26. The summed E-state index contributed by atoms with van der Waals surface area (Å²) in [5.74, 6) is -1.82. The number of amides is 2. The first-order valence-corrected chi connectivity index (χ1v) is 6.66. The minimum absolute atomic E-state index is 0.0960. The highest BCUT2D eigenvalue weighted by molar-refractivity contribution is 8.02. The van der Waals surface area contributed by atoms with Gasteiger partial charge >= 0.3 is 5.97 Å². The van der Waals surface area contributed by atoms with Crippen LogP contribution in [0.5, 0.6) is 0 Å². The van der Waals surface area contributed by atoms with Crippen LogP contribution < -0.4 is 0 Å². The van der Waals surface area contributed by atoms with Gasteiger partial charge in [0.2, 0.25) is 11.8 Å². The number of nitrogens with zero attached hydrogens (tertiary/aromatic N) is 1. The van der Waals surface area contributed by atoms with Gasteiger partial charge in [0.1, 0.15) is 5.70 Å². The minimum Gasteiger partial charge on any atom is -0.464 e. The molecule has 0 saturated carbocycles. The fourth-order valence-corrected chi connectivity index (χ4v) is 2.24. The molecule has 0 N–H and O–H groups in total. The number of imide groups is 1. The van der Waals surface area contributed by atoms with Crippen LogP contribution in [-0.2, 0) is 19.1 Å². The summed E-state index contributed by atoms with van der Waals surface area (Å²) in [7, 11) is 1.20. The molecule has 6 heteroatoms. The van der Waals surface area contributed by atoms with Crippen molar-refractivity contribution in [2.45, 2.75) is 18.7 Å². The summed E-state index contributed by atoms with van der Waals surface area (Å²) in [5, 5.41) is 1.43. The van der Waals surface area contributed by atoms with Crippen LogP contribution in [0.15, 0.2) is 46.3 Å². The fraction of sp³-hybridized carbons (Fsp3) is 0.214. The Morgan fingerprint density at radius 3 is 2.10 bits per heavy atom. The second-order valence-electron chi connectivity index (χ2n) is 3.80. The predicted molar refractivity (Wildman–Crippen MR) is 75.6 cm³/mol. The van der Waals surface area contributed by atoms with E-state index in [1.54, 1.807) is 0 Å². The number of methoxy groups -OCH3 is 1. The Kier molecular flexibility index (Phi) is 5.99. The van der Waals surface area contributed by atoms with Gasteiger partial charge in [-0.15, -0.1) is 0 Å². The van der Waals surface area contributed by atoms with Crippen LogP contribution in [0.3, 0.4) is 0 Å². The number of esters is 1. The normalized spacial score (nSPS) is 10.8. The third-order valence-corrected chi connectivity index (χ3v) is 3.20. The molecule has 0 fully saturated rings. The Labute approximate surface area is 121 Å². The quantitative estimate of drug-likeness (QED) is 0.484. The van der Waals surface area contributed by atoms with Crippen LogP contribution >= 0.6 is 11.8 Å². The molecule has 0 unspecified atom stereocenters. The number of ether oxygens (including phenoxy) is 1. The molecule has 0 aliphatic carbocycles. The summed E-state index contributed by atoms with van der Waals surface area (Å²) >= 11 is 1.23. The van der Waals surface area contributed by atoms with Gasteiger partial charge in [-0.05, 0) is 12.1 Å². The van der Waals surface area contributed by atoms with Crippen molar-refractivity contribution >= 4 is 29.5 Å². The van der Waals surface area contributed by atoms with Crippen molar-refractivity contribution in [3.05, 3.63) is 41.4 Å². The molecule has 0 aliphatic rings. The second kappa shape index (κ2) is 7.49. The zero-order valence-electron chi connectivity index (χ0n) is 11.5. The summed E-state index contributed by atoms with van der Waals surface area (Å²) < 4.78 is 4.62. The minimum atomic E-state index is -0.737. The lowest BCUT2D eigenvalue weighted by Crippen LogP contribution is -2.36. The van der Waals surface area contributed by atoms with Crippen LogP contribution in [0.25, 0.3) is 0 Å². The highest BCUT2D eigenvalue weighted by atomic mass is 32.2. The smallest absolute Gasteiger partial charge is 0.355 e. The van der Waals surface area contributed by atoms with Gasteiger partial charge < -0.3 is 4.74 Å². The van der Waals surface area contributed by atoms with E-state index in [0.29, 0.717) is 0 Å². The highest BCUT2D eigenvalue weighted by Crippen LogP contribution is 2.22. The van der Waals surface area contributed by atoms with Crippen molar-refractivity contribution in [1.82, 2.24) is 4.90 Å². The molecule has 0 aliphatic heterocycles. The van der Waals surface area contributed by atoms with Crippen LogP contribution in [0, 0.1) is 0 Å². The monoisotopic (exact) mass is 293 g/mol. The van der Waals surface area contributed by atoms with Crippen molar-refractivity contribution in [3.8, 4) is 0 Å². The van der Waals surface area contributed by atoms with Gasteiger partial charge in [0.25, 0.3) is 0 Å². The standard InChI is InChI=1S/C14H15NO4S/c1-10(16)15(11(2)17)13(14(18)19-3)9-20-12-7-5-4-6-8-12/h4-9H,1-3H3. The number of hydrogen-bond donors (Lipinski definition) is 0. The molecule has 1 aromatic carbocycles. The van der Waals surface area contributed by atoms with Crippen LogP contribution in [0.2, 0.25) is 0 Å². The van der Waals surface area contributed by atoms with E-state index in [9.17, 15) is 14.4 Å². The van der Waals surface area contributed by atoms with E-state index in [-0.39, 0.29) is 5.70 Å². The fourth-order valence-electron chi connectivity index (χ4n) is 1.48. The number of carbonyl (C=O) groups excluding carboxylic acids is 3. The molecule has 0 spiro atoms. The third kappa shape index (κ3) is 4.24. The van der Waals surface area contributed by atoms with Crippen molar-refractivity contribution in [2.75, 3.05) is 7.11 Å². The van der Waals surface area contributed by atoms with E-state index in [1.807, 2.05) is 30.3 Å². The van der Waals surface area contributed by atoms with Crippen molar-refractivity contribution in [2.24, 2.45) is 0 Å². The zero-order valence-corrected chi connectivity index (χ0v) is 12.3. The topological polar surface area (TPSA) is 63.7 Å². The molecule has 2 amide bonds. The lowest BCUT2D eigenvalue weighted by Gasteiger charge is -2.18. The number of hydrogen-bond acceptors (Lipinski definition) is 5. The molecule has 1 rings (SSSR count). The van der Waals surface area contributed by atoms with Gasteiger partial charge in [-0.1, -0.05) is 30.0 Å². The maximum atomic E-state index is 11.7. The summed E-state index contributed by atoms with van der Waals surface area (Å²) in [6.45, 7) is 2.43. The van der Waals surface area contributed by atoms with Crippen molar-refractivity contribution < 1.29 is 19.1 Å². The third-order valence-electron chi connectivity index (χ3n) is 2.32. The number of benzene rings is 1. The molecule has 1 aromatic rings. The molecule has 0 saturated heterocycles. The molecule has 0 heterocycles. The molecule has 106 valence electrons. The van der Waals surface area contributed by atoms with E-state index in [0.717, 1.165) is 9.80 Å². The highest BCUT2D eigenvalue weighted by Gasteiger charge is 2.25. The zero-order chi connectivity index (χ0) is 15.1. The molecular weight excluding hydrogens is 278 g/mol. The number of carbonyl (C=O) groups is 3. The van der Waals surface area contributed by atoms with E-state index in [1.165, 1.54) is 38.1 Å². The van der Waals surface area contributed by atoms with Crippen LogP contribution in [0.4, 0.5) is 0 Å². The van der Waals surface area contributed by atoms with Gasteiger partial charge in [0, 0.05) is 24.2 Å². The number of rotatable bonds is 4. The van der Waals surface area contributed by atoms with E-state index in [2.05, 4.69) is 4.74 Å². The van der Waals surface area contributed by atoms with Crippen LogP contribution in [-0.4, -0.2) is 29.8 Å². The maximum Gasteiger partial charge on any atom is 0.355 e. The average Bonchev–Trinajstić information content (AvgIpc) is 2.42. The Hall–Kier alpha value is -2.08. The lowest BCUT2D eigenvalue weighted by atomic mass is 10.3. The van der Waals surface area contributed by atoms with Crippen LogP contribution in [0.1, 0.15) is 13.8 Å². The Bertz CT molecular complexity index is 525. The molecular formula is C14H15NO4S. The predicted octanol–water partition coefficient (Wildman–Crippen LogP) is 2.19. The van der Waals surface area contributed by atoms with E-state index < -0.39 is 17.8 Å². The first-order valence-electron chi connectivity index (χ1n) is 5.78. The molecule has 0 atom stereocenters. The van der Waals surface area contributed by atoms with E-state index in [4.69, 9.17) is 0 Å². The average molecular weight is 293 g/mol. The largest absolute Gasteiger partial charge is 0.464 e. The SMILES string of the molecule is COC(=O)C(=CSc1ccccc1)N(C(C)=O)C(C)=O. The maximum absolute atomic E-state index is 11.7. The number of thioether (sulfide) groups is 1. The molecule has 0 aromatic heterocycles. The molecule has 0 radical (unpaired) electrons. The van der Waals surface area contributed by atoms with Gasteiger partial charge in [-0.2, -0.15) is 0 Å². The Morgan fingerprint density at radius 1 is 1.10 bits per heavy atom. The summed E-state index contributed by atoms with van der Waals surface area (Å²) in [4.78, 5) is 36.4. The Morgan fingerprint density at radius 2 is 1.65 bits per heavy atom. The van der Waals surface area contributed by atoms with Gasteiger partial charge in [-0.3, -0.25) is 9.59 Å². The van der Waals surface area contributed by atoms with Gasteiger partial charge in [0.15, 0.2) is 0 Å². The first kappa shape index (κ1) is 16.0. The molecule has 20 heavy (non-hydrogen) atoms. The molecule has 5 nitrogen and oxygen atoms in total. The van der Waals surface area contributed by atoms with Crippen molar-refractivity contribution in [3.63, 3.8) is 0 Å². The van der Waals surface area contributed by atoms with Crippen molar-refractivity contribution in [1.29, 1.82) is 0 Å². The van der Waals surface area contributed by atoms with Gasteiger partial charge in [-0.25, -0.2) is 9.69 Å². The van der Waals surface area contributed by atoms with E-state index >= 15 is 0 Å². The molecule has 0 bridgehead atoms. The first-order chi connectivity index (χ1) is 9.47. The second-order valence-corrected chi connectivity index (χ2v) is 4.74.